The maximum absolute atomic E-state index is 13.6. The number of rotatable bonds is 3. The quantitative estimate of drug-likeness (QED) is 0.850. The minimum Gasteiger partial charge on any atom is -0.465 e. The fourth-order valence-corrected chi connectivity index (χ4v) is 1.71. The van der Waals surface area contributed by atoms with E-state index in [-0.39, 0.29) is 17.9 Å². The average Bonchev–Trinajstić information content (AvgIpc) is 2.46. The summed E-state index contributed by atoms with van der Waals surface area (Å²) in [4.78, 5) is 18.8. The Bertz CT molecular complexity index is 617. The van der Waals surface area contributed by atoms with E-state index in [2.05, 4.69) is 14.7 Å². The fourth-order valence-electron chi connectivity index (χ4n) is 1.71. The monoisotopic (exact) mass is 262 g/mol. The van der Waals surface area contributed by atoms with Crippen LogP contribution in [0.2, 0.25) is 0 Å². The minimum atomic E-state index is -0.594. The fraction of sp³-hybridized carbons (Fsp3) is 0.154. The predicted octanol–water partition coefficient (Wildman–Crippen LogP) is 1.56. The number of carbonyl (C=O) groups excluding carboxylic acids is 1. The average molecular weight is 262 g/mol. The van der Waals surface area contributed by atoms with E-state index in [1.807, 2.05) is 0 Å². The zero-order chi connectivity index (χ0) is 13.8. The van der Waals surface area contributed by atoms with E-state index in [1.54, 1.807) is 0 Å². The molecule has 0 radical (unpaired) electrons. The number of nitrogens with zero attached hydrogens (tertiary/aromatic N) is 2. The lowest BCUT2D eigenvalue weighted by Gasteiger charge is -2.09. The second kappa shape index (κ2) is 5.53. The van der Waals surface area contributed by atoms with Crippen LogP contribution in [0.25, 0.3) is 11.3 Å². The lowest BCUT2D eigenvalue weighted by Crippen LogP contribution is -2.03. The van der Waals surface area contributed by atoms with Crippen molar-refractivity contribution in [3.05, 3.63) is 47.7 Å². The number of methoxy groups -OCH3 is 1. The molecule has 2 aromatic rings. The first-order valence-electron chi connectivity index (χ1n) is 5.45. The summed E-state index contributed by atoms with van der Waals surface area (Å²) in [5.41, 5.74) is 1.16. The number of esters is 1. The topological polar surface area (TPSA) is 72.3 Å². The van der Waals surface area contributed by atoms with Gasteiger partial charge in [-0.1, -0.05) is 6.07 Å². The van der Waals surface area contributed by atoms with Crippen LogP contribution in [0.15, 0.2) is 30.7 Å². The molecule has 0 saturated heterocycles. The van der Waals surface area contributed by atoms with Gasteiger partial charge in [-0.15, -0.1) is 0 Å². The van der Waals surface area contributed by atoms with Crippen LogP contribution in [0.3, 0.4) is 0 Å². The lowest BCUT2D eigenvalue weighted by atomic mass is 10.0. The molecule has 1 N–H and O–H groups in total. The molecule has 5 nitrogen and oxygen atoms in total. The van der Waals surface area contributed by atoms with E-state index in [1.165, 1.54) is 31.6 Å². The first-order valence-corrected chi connectivity index (χ1v) is 5.45. The van der Waals surface area contributed by atoms with Gasteiger partial charge in [-0.2, -0.15) is 0 Å². The van der Waals surface area contributed by atoms with E-state index in [4.69, 9.17) is 0 Å². The van der Waals surface area contributed by atoms with Gasteiger partial charge in [-0.05, 0) is 17.7 Å². The van der Waals surface area contributed by atoms with Crippen LogP contribution < -0.4 is 0 Å². The zero-order valence-corrected chi connectivity index (χ0v) is 10.1. The first kappa shape index (κ1) is 13.1. The van der Waals surface area contributed by atoms with Crippen LogP contribution in [0, 0.1) is 5.82 Å². The Morgan fingerprint density at radius 2 is 2.26 bits per heavy atom. The third kappa shape index (κ3) is 2.58. The van der Waals surface area contributed by atoms with Crippen molar-refractivity contribution in [1.82, 2.24) is 9.97 Å². The molecule has 0 unspecified atom stereocenters. The van der Waals surface area contributed by atoms with Crippen molar-refractivity contribution in [2.75, 3.05) is 7.11 Å². The molecule has 6 heteroatoms. The second-order valence-electron chi connectivity index (χ2n) is 3.74. The third-order valence-electron chi connectivity index (χ3n) is 2.62. The maximum atomic E-state index is 13.6. The molecule has 98 valence electrons. The van der Waals surface area contributed by atoms with Gasteiger partial charge < -0.3 is 9.84 Å². The molecular weight excluding hydrogens is 251 g/mol. The molecule has 1 heterocycles. The molecule has 0 aliphatic carbocycles. The Balaban J connectivity index is 2.53. The summed E-state index contributed by atoms with van der Waals surface area (Å²) in [5, 5.41) is 9.33. The first-order chi connectivity index (χ1) is 9.17. The Morgan fingerprint density at radius 3 is 2.89 bits per heavy atom. The van der Waals surface area contributed by atoms with E-state index < -0.39 is 11.8 Å². The summed E-state index contributed by atoms with van der Waals surface area (Å²) in [5.74, 6) is -1.12. The van der Waals surface area contributed by atoms with Gasteiger partial charge in [0, 0.05) is 5.56 Å². The van der Waals surface area contributed by atoms with Crippen molar-refractivity contribution in [1.29, 1.82) is 0 Å². The highest BCUT2D eigenvalue weighted by Crippen LogP contribution is 2.25. The van der Waals surface area contributed by atoms with Crippen molar-refractivity contribution >= 4 is 5.97 Å². The maximum Gasteiger partial charge on any atom is 0.337 e. The Hall–Kier alpha value is -2.34. The number of benzene rings is 1. The van der Waals surface area contributed by atoms with Crippen LogP contribution >= 0.6 is 0 Å². The van der Waals surface area contributed by atoms with Crippen molar-refractivity contribution in [3.8, 4) is 11.3 Å². The van der Waals surface area contributed by atoms with Crippen LogP contribution in [0.4, 0.5) is 4.39 Å². The van der Waals surface area contributed by atoms with E-state index in [0.29, 0.717) is 11.1 Å². The molecular formula is C13H11FN2O3. The van der Waals surface area contributed by atoms with Crippen molar-refractivity contribution in [2.24, 2.45) is 0 Å². The van der Waals surface area contributed by atoms with Crippen molar-refractivity contribution in [2.45, 2.75) is 6.61 Å². The lowest BCUT2D eigenvalue weighted by molar-refractivity contribution is 0.0600. The molecule has 0 aliphatic rings. The highest BCUT2D eigenvalue weighted by Gasteiger charge is 2.14. The largest absolute Gasteiger partial charge is 0.465 e. The molecule has 1 aromatic heterocycles. The van der Waals surface area contributed by atoms with Crippen LogP contribution in [-0.4, -0.2) is 28.2 Å². The molecule has 0 bridgehead atoms. The Morgan fingerprint density at radius 1 is 1.47 bits per heavy atom. The van der Waals surface area contributed by atoms with Gasteiger partial charge in [0.15, 0.2) is 5.82 Å². The van der Waals surface area contributed by atoms with Gasteiger partial charge >= 0.3 is 5.97 Å². The molecule has 0 fully saturated rings. The predicted molar refractivity (Wildman–Crippen MR) is 64.7 cm³/mol. The number of aliphatic hydroxyl groups excluding tert-OH is 1. The van der Waals surface area contributed by atoms with Gasteiger partial charge in [0.05, 0.1) is 25.5 Å². The zero-order valence-electron chi connectivity index (χ0n) is 10.1. The van der Waals surface area contributed by atoms with Crippen molar-refractivity contribution < 1.29 is 19.0 Å². The third-order valence-corrected chi connectivity index (χ3v) is 2.62. The molecule has 19 heavy (non-hydrogen) atoms. The number of ether oxygens (including phenoxy) is 1. The molecule has 1 aromatic carbocycles. The Kier molecular flexibility index (Phi) is 3.82. The Labute approximate surface area is 108 Å². The van der Waals surface area contributed by atoms with Crippen molar-refractivity contribution in [3.63, 3.8) is 0 Å². The number of halogens is 1. The van der Waals surface area contributed by atoms with Gasteiger partial charge in [-0.3, -0.25) is 0 Å². The summed E-state index contributed by atoms with van der Waals surface area (Å²) in [6.07, 6.45) is 2.26. The van der Waals surface area contributed by atoms with Crippen LogP contribution in [-0.2, 0) is 11.3 Å². The molecule has 0 spiro atoms. The van der Waals surface area contributed by atoms with Crippen LogP contribution in [0.1, 0.15) is 15.9 Å². The number of carbonyl (C=O) groups is 1. The van der Waals surface area contributed by atoms with E-state index >= 15 is 0 Å². The summed E-state index contributed by atoms with van der Waals surface area (Å²) < 4.78 is 18.2. The van der Waals surface area contributed by atoms with Crippen LogP contribution in [0.5, 0.6) is 0 Å². The number of hydrogen-bond acceptors (Lipinski definition) is 5. The summed E-state index contributed by atoms with van der Waals surface area (Å²) in [6, 6.07) is 4.45. The van der Waals surface area contributed by atoms with E-state index in [0.717, 1.165) is 6.20 Å². The number of aromatic nitrogens is 2. The molecule has 0 aliphatic heterocycles. The highest BCUT2D eigenvalue weighted by molar-refractivity contribution is 5.90. The molecule has 0 atom stereocenters. The second-order valence-corrected chi connectivity index (χ2v) is 3.74. The summed E-state index contributed by atoms with van der Waals surface area (Å²) >= 11 is 0. The van der Waals surface area contributed by atoms with Gasteiger partial charge in [-0.25, -0.2) is 19.2 Å². The SMILES string of the molecule is COC(=O)c1ccc(-c2ncncc2F)c(CO)c1. The van der Waals surface area contributed by atoms with Gasteiger partial charge in [0.25, 0.3) is 0 Å². The number of aliphatic hydroxyl groups is 1. The highest BCUT2D eigenvalue weighted by atomic mass is 19.1. The molecule has 0 saturated carbocycles. The summed E-state index contributed by atoms with van der Waals surface area (Å²) in [7, 11) is 1.26. The molecule has 2 rings (SSSR count). The van der Waals surface area contributed by atoms with E-state index in [9.17, 15) is 14.3 Å². The van der Waals surface area contributed by atoms with Gasteiger partial charge in [0.1, 0.15) is 12.0 Å². The standard InChI is InChI=1S/C13H11FN2O3/c1-19-13(18)8-2-3-10(9(4-8)6-17)12-11(14)5-15-7-16-12/h2-5,7,17H,6H2,1H3. The molecule has 0 amide bonds. The minimum absolute atomic E-state index is 0.0791. The normalized spacial score (nSPS) is 10.3. The summed E-state index contributed by atoms with van der Waals surface area (Å²) in [6.45, 7) is -0.344. The smallest absolute Gasteiger partial charge is 0.337 e. The number of hydrogen-bond donors (Lipinski definition) is 1. The van der Waals surface area contributed by atoms with Gasteiger partial charge in [0.2, 0.25) is 0 Å².